The fourth-order valence-electron chi connectivity index (χ4n) is 3.70. The van der Waals surface area contributed by atoms with Gasteiger partial charge in [-0.05, 0) is 30.3 Å². The molecule has 1 atom stereocenters. The number of alkyl halides is 3. The number of nitrogens with one attached hydrogen (secondary N) is 1. The molecule has 0 spiro atoms. The lowest BCUT2D eigenvalue weighted by molar-refractivity contribution is -0.140. The van der Waals surface area contributed by atoms with Crippen LogP contribution in [-0.4, -0.2) is 59.8 Å². The lowest BCUT2D eigenvalue weighted by Gasteiger charge is -2.39. The second-order valence-electron chi connectivity index (χ2n) is 7.46. The molecule has 174 valence electrons. The zero-order chi connectivity index (χ0) is 23.9. The number of hydrogen-bond acceptors (Lipinski definition) is 4. The number of amides is 3. The molecule has 0 bridgehead atoms. The van der Waals surface area contributed by atoms with Crippen molar-refractivity contribution in [3.8, 4) is 5.75 Å². The fraction of sp³-hybridized carbons (Fsp3) is 0.286. The molecule has 1 saturated heterocycles. The first-order valence-corrected chi connectivity index (χ1v) is 10.5. The predicted molar refractivity (Wildman–Crippen MR) is 111 cm³/mol. The number of carbonyl (C=O) groups is 3. The zero-order valence-electron chi connectivity index (χ0n) is 16.8. The minimum atomic E-state index is -4.84. The Morgan fingerprint density at radius 1 is 1.15 bits per heavy atom. The molecule has 1 unspecified atom stereocenters. The largest absolute Gasteiger partial charge is 0.484 e. The fourth-order valence-corrected chi connectivity index (χ4v) is 4.06. The molecule has 2 heterocycles. The van der Waals surface area contributed by atoms with Gasteiger partial charge in [-0.15, -0.1) is 0 Å². The van der Waals surface area contributed by atoms with Gasteiger partial charge < -0.3 is 19.9 Å². The molecule has 7 nitrogen and oxygen atoms in total. The van der Waals surface area contributed by atoms with Crippen LogP contribution in [0.25, 0.3) is 0 Å². The Kier molecular flexibility index (Phi) is 6.04. The van der Waals surface area contributed by atoms with Crippen molar-refractivity contribution in [3.05, 3.63) is 57.8 Å². The molecule has 2 aromatic rings. The average molecular weight is 530 g/mol. The SMILES string of the molecule is O=C1Nc2ccc(Br)cc2C(=O)N2CCN(C(=O)COc3ccc(C(F)(F)F)c(F)c3)CC12. The van der Waals surface area contributed by atoms with Crippen molar-refractivity contribution in [1.82, 2.24) is 9.80 Å². The van der Waals surface area contributed by atoms with Gasteiger partial charge >= 0.3 is 6.18 Å². The van der Waals surface area contributed by atoms with Crippen LogP contribution in [0.2, 0.25) is 0 Å². The number of hydrogen-bond donors (Lipinski definition) is 1. The van der Waals surface area contributed by atoms with Crippen molar-refractivity contribution < 1.29 is 36.7 Å². The van der Waals surface area contributed by atoms with Crippen LogP contribution in [0.5, 0.6) is 5.75 Å². The molecule has 1 fully saturated rings. The smallest absolute Gasteiger partial charge is 0.419 e. The van der Waals surface area contributed by atoms with Crippen LogP contribution in [-0.2, 0) is 15.8 Å². The third-order valence-electron chi connectivity index (χ3n) is 5.37. The molecule has 33 heavy (non-hydrogen) atoms. The van der Waals surface area contributed by atoms with Crippen molar-refractivity contribution >= 4 is 39.3 Å². The maximum atomic E-state index is 13.7. The highest BCUT2D eigenvalue weighted by molar-refractivity contribution is 9.10. The van der Waals surface area contributed by atoms with Gasteiger partial charge in [-0.1, -0.05) is 15.9 Å². The van der Waals surface area contributed by atoms with E-state index >= 15 is 0 Å². The standard InChI is InChI=1S/C21H16BrF4N3O4/c22-11-1-4-16-13(7-11)20(32)29-6-5-28(9-17(29)19(31)27-16)18(30)10-33-12-2-3-14(15(23)8-12)21(24,25)26/h1-4,7-8,17H,5-6,9-10H2,(H,27,31). The minimum absolute atomic E-state index is 0.0870. The average Bonchev–Trinajstić information content (AvgIpc) is 2.86. The number of fused-ring (bicyclic) bond motifs is 2. The van der Waals surface area contributed by atoms with Crippen molar-refractivity contribution in [2.75, 3.05) is 31.6 Å². The number of carbonyl (C=O) groups excluding carboxylic acids is 3. The highest BCUT2D eigenvalue weighted by Crippen LogP contribution is 2.33. The number of halogens is 5. The second kappa shape index (κ2) is 8.65. The molecule has 0 saturated carbocycles. The summed E-state index contributed by atoms with van der Waals surface area (Å²) >= 11 is 3.30. The summed E-state index contributed by atoms with van der Waals surface area (Å²) in [5.41, 5.74) is -0.741. The highest BCUT2D eigenvalue weighted by atomic mass is 79.9. The third kappa shape index (κ3) is 4.65. The molecule has 4 rings (SSSR count). The van der Waals surface area contributed by atoms with E-state index in [1.165, 1.54) is 9.80 Å². The normalized spacial score (nSPS) is 18.3. The van der Waals surface area contributed by atoms with Gasteiger partial charge in [0.15, 0.2) is 6.61 Å². The number of benzene rings is 2. The van der Waals surface area contributed by atoms with E-state index in [0.29, 0.717) is 27.9 Å². The first-order valence-electron chi connectivity index (χ1n) is 9.73. The molecule has 0 radical (unpaired) electrons. The molecular weight excluding hydrogens is 514 g/mol. The summed E-state index contributed by atoms with van der Waals surface area (Å²) in [6.45, 7) is -0.428. The van der Waals surface area contributed by atoms with E-state index in [2.05, 4.69) is 21.2 Å². The Balaban J connectivity index is 1.42. The summed E-state index contributed by atoms with van der Waals surface area (Å²) in [6, 6.07) is 5.98. The molecule has 3 amide bonds. The summed E-state index contributed by atoms with van der Waals surface area (Å²) in [5, 5.41) is 2.70. The van der Waals surface area contributed by atoms with E-state index < -0.39 is 42.0 Å². The van der Waals surface area contributed by atoms with Crippen LogP contribution >= 0.6 is 15.9 Å². The third-order valence-corrected chi connectivity index (χ3v) is 5.87. The van der Waals surface area contributed by atoms with E-state index in [9.17, 15) is 31.9 Å². The number of anilines is 1. The van der Waals surface area contributed by atoms with Gasteiger partial charge in [0.2, 0.25) is 5.91 Å². The first kappa shape index (κ1) is 23.0. The van der Waals surface area contributed by atoms with Gasteiger partial charge in [0.1, 0.15) is 17.6 Å². The van der Waals surface area contributed by atoms with E-state index in [4.69, 9.17) is 4.74 Å². The molecule has 2 aliphatic rings. The van der Waals surface area contributed by atoms with E-state index in [1.807, 2.05) is 0 Å². The van der Waals surface area contributed by atoms with Gasteiger partial charge in [0.25, 0.3) is 11.8 Å². The summed E-state index contributed by atoms with van der Waals surface area (Å²) in [6.07, 6.45) is -4.84. The van der Waals surface area contributed by atoms with Gasteiger partial charge in [-0.2, -0.15) is 13.2 Å². The molecule has 1 N–H and O–H groups in total. The Hall–Kier alpha value is -3.15. The van der Waals surface area contributed by atoms with Gasteiger partial charge in [0.05, 0.1) is 23.4 Å². The molecule has 0 aliphatic carbocycles. The van der Waals surface area contributed by atoms with E-state index in [0.717, 1.165) is 6.07 Å². The van der Waals surface area contributed by atoms with Crippen LogP contribution in [0, 0.1) is 5.82 Å². The number of nitrogens with zero attached hydrogens (tertiary/aromatic N) is 2. The molecule has 12 heteroatoms. The summed E-state index contributed by atoms with van der Waals surface area (Å²) in [7, 11) is 0. The van der Waals surface area contributed by atoms with Crippen LogP contribution in [0.15, 0.2) is 40.9 Å². The topological polar surface area (TPSA) is 79.0 Å². The van der Waals surface area contributed by atoms with E-state index in [1.54, 1.807) is 18.2 Å². The molecule has 2 aliphatic heterocycles. The highest BCUT2D eigenvalue weighted by Gasteiger charge is 2.40. The Morgan fingerprint density at radius 2 is 1.91 bits per heavy atom. The van der Waals surface area contributed by atoms with Gasteiger partial charge in [0, 0.05) is 23.6 Å². The van der Waals surface area contributed by atoms with Gasteiger partial charge in [-0.3, -0.25) is 14.4 Å². The molecule has 2 aromatic carbocycles. The Labute approximate surface area is 193 Å². The predicted octanol–water partition coefficient (Wildman–Crippen LogP) is 3.29. The lowest BCUT2D eigenvalue weighted by atomic mass is 10.1. The zero-order valence-corrected chi connectivity index (χ0v) is 18.4. The Morgan fingerprint density at radius 3 is 2.61 bits per heavy atom. The van der Waals surface area contributed by atoms with Crippen molar-refractivity contribution in [1.29, 1.82) is 0 Å². The van der Waals surface area contributed by atoms with Crippen LogP contribution in [0.4, 0.5) is 23.2 Å². The van der Waals surface area contributed by atoms with Crippen LogP contribution < -0.4 is 10.1 Å². The van der Waals surface area contributed by atoms with Crippen molar-refractivity contribution in [2.24, 2.45) is 0 Å². The molecule has 0 aromatic heterocycles. The van der Waals surface area contributed by atoms with Crippen LogP contribution in [0.3, 0.4) is 0 Å². The number of piperazine rings is 1. The maximum absolute atomic E-state index is 13.7. The minimum Gasteiger partial charge on any atom is -0.484 e. The van der Waals surface area contributed by atoms with Crippen LogP contribution in [0.1, 0.15) is 15.9 Å². The first-order chi connectivity index (χ1) is 15.5. The van der Waals surface area contributed by atoms with Crippen molar-refractivity contribution in [2.45, 2.75) is 12.2 Å². The maximum Gasteiger partial charge on any atom is 0.419 e. The summed E-state index contributed by atoms with van der Waals surface area (Å²) < 4.78 is 57.5. The summed E-state index contributed by atoms with van der Waals surface area (Å²) in [4.78, 5) is 41.0. The monoisotopic (exact) mass is 529 g/mol. The van der Waals surface area contributed by atoms with E-state index in [-0.39, 0.29) is 31.3 Å². The molecular formula is C21H16BrF4N3O4. The lowest BCUT2D eigenvalue weighted by Crippen LogP contribution is -2.60. The number of rotatable bonds is 3. The summed E-state index contributed by atoms with van der Waals surface area (Å²) in [5.74, 6) is -3.11. The van der Waals surface area contributed by atoms with Gasteiger partial charge in [-0.25, -0.2) is 4.39 Å². The Bertz CT molecular complexity index is 1140. The second-order valence-corrected chi connectivity index (χ2v) is 8.38. The van der Waals surface area contributed by atoms with Crippen molar-refractivity contribution in [3.63, 3.8) is 0 Å². The quantitative estimate of drug-likeness (QED) is 0.619. The number of ether oxygens (including phenoxy) is 1.